The lowest BCUT2D eigenvalue weighted by Crippen LogP contribution is -2.52. The number of nitrogens with zero attached hydrogens (tertiary/aromatic N) is 2. The zero-order chi connectivity index (χ0) is 15.6. The number of hydrogen-bond donors (Lipinski definition) is 1. The first-order valence-corrected chi connectivity index (χ1v) is 7.63. The molecule has 1 aliphatic rings. The van der Waals surface area contributed by atoms with Crippen LogP contribution in [0, 0.1) is 5.82 Å². The summed E-state index contributed by atoms with van der Waals surface area (Å²) in [5.74, 6) is -0.231. The van der Waals surface area contributed by atoms with Crippen molar-refractivity contribution >= 4 is 5.91 Å². The van der Waals surface area contributed by atoms with E-state index in [9.17, 15) is 9.18 Å². The van der Waals surface area contributed by atoms with Crippen LogP contribution in [0.1, 0.15) is 31.7 Å². The van der Waals surface area contributed by atoms with Crippen LogP contribution in [0.2, 0.25) is 0 Å². The van der Waals surface area contributed by atoms with Crippen molar-refractivity contribution in [1.82, 2.24) is 14.9 Å². The van der Waals surface area contributed by atoms with Crippen LogP contribution in [-0.4, -0.2) is 21.5 Å². The second-order valence-corrected chi connectivity index (χ2v) is 6.08. The number of hydrogen-bond acceptors (Lipinski definition) is 2. The topological polar surface area (TPSA) is 46.9 Å². The number of carbonyl (C=O) groups is 1. The van der Waals surface area contributed by atoms with Crippen LogP contribution < -0.4 is 5.32 Å². The monoisotopic (exact) mass is 301 g/mol. The predicted molar refractivity (Wildman–Crippen MR) is 81.8 cm³/mol. The van der Waals surface area contributed by atoms with Gasteiger partial charge in [0.25, 0.3) is 0 Å². The van der Waals surface area contributed by atoms with Gasteiger partial charge in [-0.15, -0.1) is 0 Å². The van der Waals surface area contributed by atoms with Crippen molar-refractivity contribution in [3.63, 3.8) is 0 Å². The quantitative estimate of drug-likeness (QED) is 0.923. The van der Waals surface area contributed by atoms with Crippen LogP contribution in [0.15, 0.2) is 43.0 Å². The summed E-state index contributed by atoms with van der Waals surface area (Å²) in [6, 6.07) is 6.33. The maximum atomic E-state index is 13.1. The van der Waals surface area contributed by atoms with E-state index in [1.807, 2.05) is 17.7 Å². The van der Waals surface area contributed by atoms with E-state index in [-0.39, 0.29) is 17.8 Å². The molecule has 1 saturated carbocycles. The van der Waals surface area contributed by atoms with Crippen molar-refractivity contribution in [2.24, 2.45) is 0 Å². The highest BCUT2D eigenvalue weighted by Gasteiger charge is 2.45. The molecule has 0 bridgehead atoms. The number of nitrogens with one attached hydrogen (secondary N) is 1. The average Bonchev–Trinajstić information content (AvgIpc) is 2.92. The minimum atomic E-state index is -0.489. The lowest BCUT2D eigenvalue weighted by atomic mass is 9.63. The lowest BCUT2D eigenvalue weighted by molar-refractivity contribution is -0.130. The molecule has 1 aliphatic carbocycles. The van der Waals surface area contributed by atoms with Gasteiger partial charge in [0.05, 0.1) is 11.7 Å². The molecule has 4 nitrogen and oxygen atoms in total. The van der Waals surface area contributed by atoms with E-state index in [4.69, 9.17) is 0 Å². The summed E-state index contributed by atoms with van der Waals surface area (Å²) in [4.78, 5) is 16.7. The van der Waals surface area contributed by atoms with Gasteiger partial charge >= 0.3 is 0 Å². The van der Waals surface area contributed by atoms with Crippen molar-refractivity contribution in [2.75, 3.05) is 0 Å². The van der Waals surface area contributed by atoms with Crippen LogP contribution in [0.4, 0.5) is 4.39 Å². The van der Waals surface area contributed by atoms with Crippen LogP contribution in [0.25, 0.3) is 0 Å². The standard InChI is InChI=1S/C17H20FN3O/c1-13(11-21-10-9-19-12-21)20-16(22)17(7-2-8-17)14-3-5-15(18)6-4-14/h3-6,9-10,12-13H,2,7-8,11H2,1H3,(H,20,22). The Labute approximate surface area is 129 Å². The molecule has 1 aromatic carbocycles. The van der Waals surface area contributed by atoms with E-state index in [0.717, 1.165) is 24.8 Å². The first kappa shape index (κ1) is 14.8. The summed E-state index contributed by atoms with van der Waals surface area (Å²) >= 11 is 0. The third-order valence-electron chi connectivity index (χ3n) is 4.46. The maximum absolute atomic E-state index is 13.1. The molecular formula is C17H20FN3O. The summed E-state index contributed by atoms with van der Waals surface area (Å²) in [5.41, 5.74) is 0.421. The minimum Gasteiger partial charge on any atom is -0.351 e. The second kappa shape index (κ2) is 5.91. The zero-order valence-corrected chi connectivity index (χ0v) is 12.6. The molecule has 1 fully saturated rings. The Morgan fingerprint density at radius 3 is 2.68 bits per heavy atom. The van der Waals surface area contributed by atoms with Crippen molar-refractivity contribution in [2.45, 2.75) is 44.2 Å². The number of amides is 1. The smallest absolute Gasteiger partial charge is 0.230 e. The zero-order valence-electron chi connectivity index (χ0n) is 12.6. The molecule has 1 aromatic heterocycles. The summed E-state index contributed by atoms with van der Waals surface area (Å²) in [6.45, 7) is 2.67. The molecule has 3 rings (SSSR count). The highest BCUT2D eigenvalue weighted by atomic mass is 19.1. The third kappa shape index (κ3) is 2.75. The Morgan fingerprint density at radius 1 is 1.41 bits per heavy atom. The molecule has 1 unspecified atom stereocenters. The van der Waals surface area contributed by atoms with E-state index in [1.54, 1.807) is 24.7 Å². The second-order valence-electron chi connectivity index (χ2n) is 6.08. The van der Waals surface area contributed by atoms with E-state index in [0.29, 0.717) is 6.54 Å². The molecule has 1 N–H and O–H groups in total. The molecule has 0 spiro atoms. The van der Waals surface area contributed by atoms with E-state index in [1.165, 1.54) is 12.1 Å². The van der Waals surface area contributed by atoms with Gasteiger partial charge in [0.1, 0.15) is 5.82 Å². The summed E-state index contributed by atoms with van der Waals surface area (Å²) < 4.78 is 15.1. The highest BCUT2D eigenvalue weighted by molar-refractivity contribution is 5.89. The predicted octanol–water partition coefficient (Wildman–Crippen LogP) is 2.65. The molecule has 22 heavy (non-hydrogen) atoms. The maximum Gasteiger partial charge on any atom is 0.230 e. The highest BCUT2D eigenvalue weighted by Crippen LogP contribution is 2.44. The number of rotatable bonds is 5. The summed E-state index contributed by atoms with van der Waals surface area (Å²) in [5, 5.41) is 3.09. The van der Waals surface area contributed by atoms with Crippen LogP contribution in [0.3, 0.4) is 0 Å². The van der Waals surface area contributed by atoms with Gasteiger partial charge in [-0.05, 0) is 37.5 Å². The Balaban J connectivity index is 1.70. The Morgan fingerprint density at radius 2 is 2.14 bits per heavy atom. The summed E-state index contributed by atoms with van der Waals surface area (Å²) in [7, 11) is 0. The van der Waals surface area contributed by atoms with Gasteiger partial charge in [-0.2, -0.15) is 0 Å². The first-order chi connectivity index (χ1) is 10.6. The van der Waals surface area contributed by atoms with Gasteiger partial charge in [0.2, 0.25) is 5.91 Å². The van der Waals surface area contributed by atoms with Gasteiger partial charge in [-0.25, -0.2) is 9.37 Å². The molecule has 0 radical (unpaired) electrons. The van der Waals surface area contributed by atoms with Gasteiger partial charge in [-0.3, -0.25) is 4.79 Å². The number of carbonyl (C=O) groups excluding carboxylic acids is 1. The molecule has 1 heterocycles. The molecule has 1 atom stereocenters. The third-order valence-corrected chi connectivity index (χ3v) is 4.46. The molecule has 5 heteroatoms. The number of halogens is 1. The molecule has 1 amide bonds. The van der Waals surface area contributed by atoms with Gasteiger partial charge < -0.3 is 9.88 Å². The number of benzene rings is 1. The van der Waals surface area contributed by atoms with E-state index < -0.39 is 5.41 Å². The fourth-order valence-corrected chi connectivity index (χ4v) is 3.06. The van der Waals surface area contributed by atoms with Crippen molar-refractivity contribution in [3.05, 3.63) is 54.4 Å². The average molecular weight is 301 g/mol. The van der Waals surface area contributed by atoms with Crippen molar-refractivity contribution in [1.29, 1.82) is 0 Å². The van der Waals surface area contributed by atoms with Gasteiger partial charge in [-0.1, -0.05) is 18.6 Å². The number of aromatic nitrogens is 2. The van der Waals surface area contributed by atoms with Crippen molar-refractivity contribution in [3.8, 4) is 0 Å². The molecule has 2 aromatic rings. The van der Waals surface area contributed by atoms with Gasteiger partial charge in [0, 0.05) is 25.0 Å². The molecule has 116 valence electrons. The Kier molecular flexibility index (Phi) is 3.96. The van der Waals surface area contributed by atoms with E-state index in [2.05, 4.69) is 10.3 Å². The fraction of sp³-hybridized carbons (Fsp3) is 0.412. The van der Waals surface area contributed by atoms with Crippen molar-refractivity contribution < 1.29 is 9.18 Å². The van der Waals surface area contributed by atoms with Gasteiger partial charge in [0.15, 0.2) is 0 Å². The largest absolute Gasteiger partial charge is 0.351 e. The SMILES string of the molecule is CC(Cn1ccnc1)NC(=O)C1(c2ccc(F)cc2)CCC1. The number of imidazole rings is 1. The van der Waals surface area contributed by atoms with Crippen LogP contribution in [-0.2, 0) is 16.8 Å². The minimum absolute atomic E-state index is 0.0135. The fourth-order valence-electron chi connectivity index (χ4n) is 3.06. The lowest BCUT2D eigenvalue weighted by Gasteiger charge is -2.41. The Hall–Kier alpha value is -2.17. The molecular weight excluding hydrogens is 281 g/mol. The first-order valence-electron chi connectivity index (χ1n) is 7.63. The normalized spacial score (nSPS) is 17.5. The van der Waals surface area contributed by atoms with Crippen LogP contribution in [0.5, 0.6) is 0 Å². The van der Waals surface area contributed by atoms with Crippen LogP contribution >= 0.6 is 0 Å². The Bertz CT molecular complexity index is 632. The molecule has 0 saturated heterocycles. The summed E-state index contributed by atoms with van der Waals surface area (Å²) in [6.07, 6.45) is 8.01. The van der Waals surface area contributed by atoms with E-state index >= 15 is 0 Å². The molecule has 0 aliphatic heterocycles.